The monoisotopic (exact) mass is 632 g/mol. The summed E-state index contributed by atoms with van der Waals surface area (Å²) in [7, 11) is 0. The molecule has 2 aliphatic carbocycles. The Morgan fingerprint density at radius 1 is 0.674 bits per heavy atom. The van der Waals surface area contributed by atoms with Crippen molar-refractivity contribution in [3.8, 4) is 0 Å². The maximum Gasteiger partial charge on any atom is 0.313 e. The van der Waals surface area contributed by atoms with Crippen LogP contribution >= 0.6 is 0 Å². The van der Waals surface area contributed by atoms with E-state index in [0.29, 0.717) is 35.1 Å². The molecule has 0 bridgehead atoms. The van der Waals surface area contributed by atoms with Crippen molar-refractivity contribution >= 4 is 35.3 Å². The number of esters is 2. The van der Waals surface area contributed by atoms with E-state index in [1.807, 2.05) is 27.7 Å². The Morgan fingerprint density at radius 2 is 1.04 bits per heavy atom. The van der Waals surface area contributed by atoms with Gasteiger partial charge in [0.25, 0.3) is 0 Å². The van der Waals surface area contributed by atoms with Crippen LogP contribution in [-0.2, 0) is 38.2 Å². The van der Waals surface area contributed by atoms with Gasteiger partial charge in [0.05, 0.1) is 24.9 Å². The third-order valence-corrected chi connectivity index (χ3v) is 6.93. The van der Waals surface area contributed by atoms with Crippen LogP contribution in [-0.4, -0.2) is 61.6 Å². The summed E-state index contributed by atoms with van der Waals surface area (Å²) >= 11 is 0. The van der Waals surface area contributed by atoms with E-state index in [1.54, 1.807) is 36.5 Å². The molecular weight excluding hydrogens is 588 g/mol. The molecule has 46 heavy (non-hydrogen) atoms. The van der Waals surface area contributed by atoms with Crippen LogP contribution in [0, 0.1) is 23.7 Å². The fourth-order valence-corrected chi connectivity index (χ4v) is 4.72. The van der Waals surface area contributed by atoms with Gasteiger partial charge in [-0.25, -0.2) is 0 Å². The van der Waals surface area contributed by atoms with E-state index in [-0.39, 0.29) is 61.5 Å². The maximum absolute atomic E-state index is 13.0. The lowest BCUT2D eigenvalue weighted by Gasteiger charge is -2.22. The molecule has 246 valence electrons. The lowest BCUT2D eigenvalue weighted by molar-refractivity contribution is -0.149. The van der Waals surface area contributed by atoms with Crippen LogP contribution in [0.5, 0.6) is 0 Å². The molecule has 0 aromatic carbocycles. The number of nitrogens with one attached hydrogen (secondary N) is 2. The van der Waals surface area contributed by atoms with Gasteiger partial charge < -0.3 is 20.1 Å². The van der Waals surface area contributed by atoms with Crippen molar-refractivity contribution in [1.29, 1.82) is 0 Å². The maximum atomic E-state index is 13.0. The highest BCUT2D eigenvalue weighted by atomic mass is 16.5. The summed E-state index contributed by atoms with van der Waals surface area (Å²) in [6.45, 7) is 14.7. The molecule has 2 N–H and O–H groups in total. The smallest absolute Gasteiger partial charge is 0.313 e. The van der Waals surface area contributed by atoms with Crippen LogP contribution in [0.4, 0.5) is 0 Å². The zero-order chi connectivity index (χ0) is 34.2. The van der Waals surface area contributed by atoms with Gasteiger partial charge in [0, 0.05) is 11.1 Å². The molecule has 0 spiro atoms. The number of hydrogen-bond donors (Lipinski definition) is 2. The number of amides is 2. The van der Waals surface area contributed by atoms with Gasteiger partial charge in [0.2, 0.25) is 11.8 Å². The Hall–Kier alpha value is -4.86. The van der Waals surface area contributed by atoms with Gasteiger partial charge in [0.1, 0.15) is 13.2 Å². The number of carbonyl (C=O) groups excluding carboxylic acids is 6. The molecule has 0 radical (unpaired) electrons. The summed E-state index contributed by atoms with van der Waals surface area (Å²) in [5.41, 5.74) is 1.91. The Morgan fingerprint density at radius 3 is 1.37 bits per heavy atom. The van der Waals surface area contributed by atoms with Gasteiger partial charge in [-0.15, -0.1) is 0 Å². The molecule has 0 heterocycles. The first-order valence-corrected chi connectivity index (χ1v) is 15.3. The number of hydrogen-bond acceptors (Lipinski definition) is 8. The summed E-state index contributed by atoms with van der Waals surface area (Å²) < 4.78 is 10.8. The van der Waals surface area contributed by atoms with Crippen molar-refractivity contribution in [3.05, 3.63) is 96.2 Å². The molecule has 0 fully saturated rings. The summed E-state index contributed by atoms with van der Waals surface area (Å²) in [4.78, 5) is 74.5. The van der Waals surface area contributed by atoms with Gasteiger partial charge in [-0.2, -0.15) is 0 Å². The van der Waals surface area contributed by atoms with E-state index >= 15 is 0 Å². The highest BCUT2D eigenvalue weighted by Crippen LogP contribution is 2.29. The SMILES string of the molecule is C=CC(=O)NCCOC(=O)C(CC(C)C)C1=C/C(=C\C=C2\C=CC(=O)C(C(CC(C)C)C(=O)OCCNC(=O)C=C)=C2)C=CC1=O. The Balaban J connectivity index is 2.29. The molecule has 2 unspecified atom stereocenters. The van der Waals surface area contributed by atoms with E-state index in [2.05, 4.69) is 23.8 Å². The van der Waals surface area contributed by atoms with Crippen LogP contribution < -0.4 is 10.6 Å². The molecule has 0 aromatic rings. The number of carbonyl (C=O) groups is 6. The number of ketones is 2. The lowest BCUT2D eigenvalue weighted by atomic mass is 9.84. The van der Waals surface area contributed by atoms with Gasteiger partial charge in [-0.3, -0.25) is 28.8 Å². The molecule has 0 aromatic heterocycles. The van der Waals surface area contributed by atoms with Crippen LogP contribution in [0.3, 0.4) is 0 Å². The number of rotatable bonds is 17. The molecule has 2 rings (SSSR count). The number of ether oxygens (including phenoxy) is 2. The average molecular weight is 633 g/mol. The van der Waals surface area contributed by atoms with Gasteiger partial charge >= 0.3 is 11.9 Å². The minimum atomic E-state index is -0.796. The average Bonchev–Trinajstić information content (AvgIpc) is 3.02. The molecule has 0 saturated heterocycles. The predicted molar refractivity (Wildman–Crippen MR) is 175 cm³/mol. The Labute approximate surface area is 270 Å². The van der Waals surface area contributed by atoms with Crippen molar-refractivity contribution < 1.29 is 38.2 Å². The predicted octanol–water partition coefficient (Wildman–Crippen LogP) is 3.99. The Kier molecular flexibility index (Phi) is 15.3. The van der Waals surface area contributed by atoms with Gasteiger partial charge in [-0.1, -0.05) is 65.2 Å². The molecule has 10 nitrogen and oxygen atoms in total. The van der Waals surface area contributed by atoms with Crippen molar-refractivity contribution in [2.75, 3.05) is 26.3 Å². The van der Waals surface area contributed by atoms with Crippen LogP contribution in [0.1, 0.15) is 40.5 Å². The first-order valence-electron chi connectivity index (χ1n) is 15.3. The molecule has 2 aliphatic rings. The molecular formula is C36H44N2O8. The highest BCUT2D eigenvalue weighted by molar-refractivity contribution is 6.10. The highest BCUT2D eigenvalue weighted by Gasteiger charge is 2.31. The summed E-state index contributed by atoms with van der Waals surface area (Å²) in [5.74, 6) is -3.86. The minimum absolute atomic E-state index is 0.0456. The third kappa shape index (κ3) is 12.3. The van der Waals surface area contributed by atoms with E-state index in [9.17, 15) is 28.8 Å². The van der Waals surface area contributed by atoms with E-state index in [1.165, 1.54) is 12.2 Å². The third-order valence-electron chi connectivity index (χ3n) is 6.93. The number of allylic oxidation sites excluding steroid dienone is 10. The summed E-state index contributed by atoms with van der Waals surface area (Å²) in [6.07, 6.45) is 15.9. The molecule has 2 amide bonds. The largest absolute Gasteiger partial charge is 0.463 e. The fourth-order valence-electron chi connectivity index (χ4n) is 4.72. The topological polar surface area (TPSA) is 145 Å². The van der Waals surface area contributed by atoms with E-state index in [4.69, 9.17) is 9.47 Å². The van der Waals surface area contributed by atoms with Gasteiger partial charge in [-0.05, 0) is 72.3 Å². The first-order chi connectivity index (χ1) is 21.9. The quantitative estimate of drug-likeness (QED) is 0.139. The molecule has 10 heteroatoms. The standard InChI is InChI=1S/C36H44N2O8/c1-7-33(41)37-15-17-45-35(43)29(19-23(3)4)27-21-25(11-13-31(27)39)9-10-26-12-14-32(40)28(22-26)30(20-24(5)6)36(44)46-18-16-38-34(42)8-2/h7-14,21-24,29-30H,1-2,15-20H2,3-6H3,(H,37,41)(H,38,42)/b25-9-,26-10-. The van der Waals surface area contributed by atoms with E-state index in [0.717, 1.165) is 12.2 Å². The second-order valence-corrected chi connectivity index (χ2v) is 11.6. The minimum Gasteiger partial charge on any atom is -0.463 e. The lowest BCUT2D eigenvalue weighted by Crippen LogP contribution is -2.30. The summed E-state index contributed by atoms with van der Waals surface area (Å²) in [5, 5.41) is 5.08. The normalized spacial score (nSPS) is 17.3. The molecule has 0 aliphatic heterocycles. The summed E-state index contributed by atoms with van der Waals surface area (Å²) in [6, 6.07) is 0. The van der Waals surface area contributed by atoms with Crippen LogP contribution in [0.15, 0.2) is 96.2 Å². The Bertz CT molecular complexity index is 1300. The van der Waals surface area contributed by atoms with Crippen molar-refractivity contribution in [2.24, 2.45) is 23.7 Å². The fraction of sp³-hybridized carbons (Fsp3) is 0.389. The van der Waals surface area contributed by atoms with Crippen molar-refractivity contribution in [2.45, 2.75) is 40.5 Å². The van der Waals surface area contributed by atoms with Crippen molar-refractivity contribution in [1.82, 2.24) is 10.6 Å². The first kappa shape index (κ1) is 37.3. The zero-order valence-corrected chi connectivity index (χ0v) is 27.0. The van der Waals surface area contributed by atoms with Crippen LogP contribution in [0.2, 0.25) is 0 Å². The second-order valence-electron chi connectivity index (χ2n) is 11.6. The molecule has 0 saturated carbocycles. The second kappa shape index (κ2) is 18.8. The zero-order valence-electron chi connectivity index (χ0n) is 27.0. The van der Waals surface area contributed by atoms with E-state index < -0.39 is 23.8 Å². The van der Waals surface area contributed by atoms with Gasteiger partial charge in [0.15, 0.2) is 11.6 Å². The molecule has 2 atom stereocenters. The van der Waals surface area contributed by atoms with Crippen molar-refractivity contribution in [3.63, 3.8) is 0 Å². The van der Waals surface area contributed by atoms with Crippen LogP contribution in [0.25, 0.3) is 0 Å².